The third kappa shape index (κ3) is 15.1. The van der Waals surface area contributed by atoms with Crippen LogP contribution in [0, 0.1) is 0 Å². The van der Waals surface area contributed by atoms with Crippen LogP contribution in [0.4, 0.5) is 0 Å². The third-order valence-electron chi connectivity index (χ3n) is 6.25. The van der Waals surface area contributed by atoms with Gasteiger partial charge in [-0.2, -0.15) is 0 Å². The standard InChI is InChI=1S/C28H44N4O6/c1-3-22(33)15-9-4-5-10-17-25(34)30-18-12-11-16-23(28(37)38)32-26(35)20-31-27(36)24(29-2)19-21-13-7-6-8-14-21/h6-8,13-14,23-24,29H,3-5,9-12,15-20H2,1-2H3,(H,30,34)(H,31,36)(H,32,35)(H,37,38). The summed E-state index contributed by atoms with van der Waals surface area (Å²) < 4.78 is 0. The van der Waals surface area contributed by atoms with E-state index >= 15 is 0 Å². The minimum atomic E-state index is -1.15. The lowest BCUT2D eigenvalue weighted by atomic mass is 10.1. The van der Waals surface area contributed by atoms with E-state index in [4.69, 9.17) is 0 Å². The van der Waals surface area contributed by atoms with Gasteiger partial charge in [0, 0.05) is 25.8 Å². The van der Waals surface area contributed by atoms with Gasteiger partial charge in [0.15, 0.2) is 0 Å². The first-order valence-electron chi connectivity index (χ1n) is 13.6. The molecular weight excluding hydrogens is 488 g/mol. The minimum Gasteiger partial charge on any atom is -0.480 e. The van der Waals surface area contributed by atoms with Crippen molar-refractivity contribution < 1.29 is 29.1 Å². The highest BCUT2D eigenvalue weighted by Gasteiger charge is 2.21. The van der Waals surface area contributed by atoms with Crippen LogP contribution in [0.1, 0.15) is 76.7 Å². The van der Waals surface area contributed by atoms with Gasteiger partial charge >= 0.3 is 5.97 Å². The number of carboxylic acid groups (broad SMARTS) is 1. The number of hydrogen-bond donors (Lipinski definition) is 5. The molecule has 0 heterocycles. The zero-order valence-electron chi connectivity index (χ0n) is 22.7. The normalized spacial score (nSPS) is 12.3. The van der Waals surface area contributed by atoms with Crippen molar-refractivity contribution in [3.8, 4) is 0 Å². The Morgan fingerprint density at radius 1 is 0.816 bits per heavy atom. The summed E-state index contributed by atoms with van der Waals surface area (Å²) in [4.78, 5) is 59.4. The Morgan fingerprint density at radius 2 is 1.50 bits per heavy atom. The van der Waals surface area contributed by atoms with Crippen LogP contribution in [-0.2, 0) is 30.4 Å². The fourth-order valence-corrected chi connectivity index (χ4v) is 3.90. The largest absolute Gasteiger partial charge is 0.480 e. The van der Waals surface area contributed by atoms with Crippen LogP contribution in [0.25, 0.3) is 0 Å². The molecule has 2 unspecified atom stereocenters. The molecule has 0 aliphatic heterocycles. The molecule has 0 aliphatic carbocycles. The van der Waals surface area contributed by atoms with E-state index in [0.717, 1.165) is 31.2 Å². The molecule has 0 aliphatic rings. The quantitative estimate of drug-likeness (QED) is 0.152. The van der Waals surface area contributed by atoms with Gasteiger partial charge in [0.2, 0.25) is 17.7 Å². The molecule has 0 saturated heterocycles. The maximum absolute atomic E-state index is 12.4. The number of amides is 3. The second kappa shape index (κ2) is 19.8. The summed E-state index contributed by atoms with van der Waals surface area (Å²) >= 11 is 0. The molecule has 212 valence electrons. The highest BCUT2D eigenvalue weighted by molar-refractivity contribution is 5.89. The van der Waals surface area contributed by atoms with Gasteiger partial charge < -0.3 is 26.4 Å². The van der Waals surface area contributed by atoms with E-state index in [2.05, 4.69) is 21.3 Å². The lowest BCUT2D eigenvalue weighted by Crippen LogP contribution is -2.49. The molecule has 5 N–H and O–H groups in total. The summed E-state index contributed by atoms with van der Waals surface area (Å²) in [5, 5.41) is 20.2. The van der Waals surface area contributed by atoms with E-state index in [-0.39, 0.29) is 30.6 Å². The Bertz CT molecular complexity index is 877. The lowest BCUT2D eigenvalue weighted by molar-refractivity contribution is -0.142. The molecule has 0 saturated carbocycles. The number of nitrogens with one attached hydrogen (secondary N) is 4. The number of carbonyl (C=O) groups is 5. The van der Waals surface area contributed by atoms with Crippen molar-refractivity contribution in [2.24, 2.45) is 0 Å². The fraction of sp³-hybridized carbons (Fsp3) is 0.607. The Labute approximate surface area is 225 Å². The van der Waals surface area contributed by atoms with Crippen LogP contribution in [0.15, 0.2) is 30.3 Å². The second-order valence-corrected chi connectivity index (χ2v) is 9.36. The van der Waals surface area contributed by atoms with E-state index in [1.807, 2.05) is 37.3 Å². The van der Waals surface area contributed by atoms with Crippen LogP contribution in [0.5, 0.6) is 0 Å². The molecule has 1 aromatic rings. The summed E-state index contributed by atoms with van der Waals surface area (Å²) in [5.74, 6) is -1.84. The van der Waals surface area contributed by atoms with Gasteiger partial charge in [-0.05, 0) is 51.1 Å². The van der Waals surface area contributed by atoms with Crippen molar-refractivity contribution in [2.45, 2.75) is 89.6 Å². The molecule has 38 heavy (non-hydrogen) atoms. The Hall–Kier alpha value is -3.27. The molecule has 10 nitrogen and oxygen atoms in total. The molecule has 1 aromatic carbocycles. The molecule has 1 rings (SSSR count). The third-order valence-corrected chi connectivity index (χ3v) is 6.25. The van der Waals surface area contributed by atoms with Crippen molar-refractivity contribution in [2.75, 3.05) is 20.1 Å². The van der Waals surface area contributed by atoms with Crippen molar-refractivity contribution in [1.82, 2.24) is 21.3 Å². The highest BCUT2D eigenvalue weighted by atomic mass is 16.4. The summed E-state index contributed by atoms with van der Waals surface area (Å²) in [6, 6.07) is 7.89. The number of ketones is 1. The molecule has 3 amide bonds. The Balaban J connectivity index is 2.22. The van der Waals surface area contributed by atoms with Crippen molar-refractivity contribution >= 4 is 29.5 Å². The van der Waals surface area contributed by atoms with Gasteiger partial charge in [0.25, 0.3) is 0 Å². The van der Waals surface area contributed by atoms with Crippen LogP contribution < -0.4 is 21.3 Å². The van der Waals surface area contributed by atoms with Crippen LogP contribution in [-0.4, -0.2) is 66.8 Å². The van der Waals surface area contributed by atoms with Crippen molar-refractivity contribution in [3.05, 3.63) is 35.9 Å². The average molecular weight is 533 g/mol. The lowest BCUT2D eigenvalue weighted by Gasteiger charge is -2.18. The van der Waals surface area contributed by atoms with Gasteiger partial charge in [-0.3, -0.25) is 19.2 Å². The molecule has 2 atom stereocenters. The first-order valence-corrected chi connectivity index (χ1v) is 13.6. The number of benzene rings is 1. The number of hydrogen-bond acceptors (Lipinski definition) is 6. The van der Waals surface area contributed by atoms with Gasteiger partial charge in [-0.15, -0.1) is 0 Å². The van der Waals surface area contributed by atoms with E-state index in [0.29, 0.717) is 45.1 Å². The summed E-state index contributed by atoms with van der Waals surface area (Å²) in [7, 11) is 1.66. The predicted molar refractivity (Wildman–Crippen MR) is 145 cm³/mol. The second-order valence-electron chi connectivity index (χ2n) is 9.36. The van der Waals surface area contributed by atoms with Crippen LogP contribution in [0.2, 0.25) is 0 Å². The monoisotopic (exact) mass is 532 g/mol. The molecule has 0 fully saturated rings. The maximum Gasteiger partial charge on any atom is 0.326 e. The van der Waals surface area contributed by atoms with Crippen molar-refractivity contribution in [1.29, 1.82) is 0 Å². The van der Waals surface area contributed by atoms with E-state index in [1.54, 1.807) is 7.05 Å². The smallest absolute Gasteiger partial charge is 0.326 e. The topological polar surface area (TPSA) is 154 Å². The number of carbonyl (C=O) groups excluding carboxylic acids is 4. The summed E-state index contributed by atoms with van der Waals surface area (Å²) in [5.41, 5.74) is 0.977. The fourth-order valence-electron chi connectivity index (χ4n) is 3.90. The van der Waals surface area contributed by atoms with Gasteiger partial charge in [0.1, 0.15) is 11.8 Å². The Kier molecular flexibility index (Phi) is 17.1. The van der Waals surface area contributed by atoms with Gasteiger partial charge in [0.05, 0.1) is 12.6 Å². The first-order chi connectivity index (χ1) is 18.3. The van der Waals surface area contributed by atoms with E-state index in [1.165, 1.54) is 0 Å². The molecule has 10 heteroatoms. The average Bonchev–Trinajstić information content (AvgIpc) is 2.91. The number of aliphatic carboxylic acids is 1. The molecule has 0 spiro atoms. The molecule has 0 aromatic heterocycles. The number of unbranched alkanes of at least 4 members (excludes halogenated alkanes) is 4. The van der Waals surface area contributed by atoms with Crippen LogP contribution in [0.3, 0.4) is 0 Å². The summed E-state index contributed by atoms with van der Waals surface area (Å²) in [6.07, 6.45) is 6.88. The molecule has 0 bridgehead atoms. The molecular formula is C28H44N4O6. The maximum atomic E-state index is 12.4. The zero-order valence-corrected chi connectivity index (χ0v) is 22.7. The van der Waals surface area contributed by atoms with Gasteiger partial charge in [-0.25, -0.2) is 4.79 Å². The number of rotatable bonds is 21. The Morgan fingerprint density at radius 3 is 2.13 bits per heavy atom. The highest BCUT2D eigenvalue weighted by Crippen LogP contribution is 2.07. The summed E-state index contributed by atoms with van der Waals surface area (Å²) in [6.45, 7) is 1.98. The number of carboxylic acids is 1. The number of Topliss-reactive ketones (excluding diaryl/α,β-unsaturated/α-hetero) is 1. The first kappa shape index (κ1) is 32.8. The SMILES string of the molecule is CCC(=O)CCCCCCC(=O)NCCCCC(NC(=O)CNC(=O)C(Cc1ccccc1)NC)C(=O)O. The van der Waals surface area contributed by atoms with Crippen LogP contribution >= 0.6 is 0 Å². The molecule has 0 radical (unpaired) electrons. The minimum absolute atomic E-state index is 0.0411. The number of likely N-dealkylation sites (N-methyl/N-ethyl adjacent to an activating group) is 1. The zero-order chi connectivity index (χ0) is 28.2. The van der Waals surface area contributed by atoms with Crippen molar-refractivity contribution in [3.63, 3.8) is 0 Å². The van der Waals surface area contributed by atoms with E-state index < -0.39 is 24.0 Å². The van der Waals surface area contributed by atoms with Gasteiger partial charge in [-0.1, -0.05) is 50.1 Å². The predicted octanol–water partition coefficient (Wildman–Crippen LogP) is 2.11. The van der Waals surface area contributed by atoms with E-state index in [9.17, 15) is 29.1 Å².